The molecular weight excluding hydrogens is 268 g/mol. The van der Waals surface area contributed by atoms with Crippen LogP contribution in [0.15, 0.2) is 54.6 Å². The minimum absolute atomic E-state index is 0.134. The van der Waals surface area contributed by atoms with Crippen LogP contribution in [0.5, 0.6) is 5.75 Å². The van der Waals surface area contributed by atoms with Gasteiger partial charge in [0.05, 0.1) is 11.2 Å². The Kier molecular flexibility index (Phi) is 4.73. The quantitative estimate of drug-likeness (QED) is 0.474. The lowest BCUT2D eigenvalue weighted by Crippen LogP contribution is -2.20. The summed E-state index contributed by atoms with van der Waals surface area (Å²) in [6.45, 7) is 5.49. The minimum Gasteiger partial charge on any atom is -0.307 e. The molecule has 0 bridgehead atoms. The van der Waals surface area contributed by atoms with E-state index in [4.69, 9.17) is 14.8 Å². The third-order valence-electron chi connectivity index (χ3n) is 2.58. The van der Waals surface area contributed by atoms with Gasteiger partial charge in [-0.15, -0.1) is 0 Å². The average molecular weight is 286 g/mol. The van der Waals surface area contributed by atoms with Crippen LogP contribution in [0.4, 0.5) is 0 Å². The van der Waals surface area contributed by atoms with Crippen LogP contribution < -0.4 is 4.89 Å². The summed E-state index contributed by atoms with van der Waals surface area (Å²) in [6.07, 6.45) is 0. The normalized spacial score (nSPS) is 11.2. The highest BCUT2D eigenvalue weighted by molar-refractivity contribution is 6.10. The van der Waals surface area contributed by atoms with E-state index in [2.05, 4.69) is 0 Å². The molecular formula is C17H18O4. The van der Waals surface area contributed by atoms with Crippen LogP contribution in [0.2, 0.25) is 0 Å². The zero-order valence-electron chi connectivity index (χ0n) is 12.3. The highest BCUT2D eigenvalue weighted by Crippen LogP contribution is 2.22. The molecule has 110 valence electrons. The summed E-state index contributed by atoms with van der Waals surface area (Å²) >= 11 is 0. The molecule has 0 saturated heterocycles. The molecule has 2 aromatic rings. The predicted octanol–water partition coefficient (Wildman–Crippen LogP) is 3.96. The molecule has 0 aromatic heterocycles. The number of ketones is 1. The van der Waals surface area contributed by atoms with Crippen LogP contribution >= 0.6 is 0 Å². The van der Waals surface area contributed by atoms with Crippen molar-refractivity contribution in [1.82, 2.24) is 0 Å². The van der Waals surface area contributed by atoms with Crippen molar-refractivity contribution in [2.45, 2.75) is 26.4 Å². The smallest absolute Gasteiger partial charge is 0.196 e. The first kappa shape index (κ1) is 15.2. The molecule has 0 fully saturated rings. The summed E-state index contributed by atoms with van der Waals surface area (Å²) in [5, 5.41) is 4.76. The van der Waals surface area contributed by atoms with Crippen molar-refractivity contribution >= 4 is 5.78 Å². The van der Waals surface area contributed by atoms with Crippen LogP contribution in [0.1, 0.15) is 36.7 Å². The van der Waals surface area contributed by atoms with Crippen molar-refractivity contribution in [3.05, 3.63) is 65.7 Å². The maximum atomic E-state index is 12.5. The van der Waals surface area contributed by atoms with Gasteiger partial charge in [0.1, 0.15) is 0 Å². The van der Waals surface area contributed by atoms with Gasteiger partial charge < -0.3 is 4.89 Å². The number of benzene rings is 2. The highest BCUT2D eigenvalue weighted by Gasteiger charge is 2.17. The summed E-state index contributed by atoms with van der Waals surface area (Å²) in [6, 6.07) is 15.9. The van der Waals surface area contributed by atoms with E-state index in [1.54, 1.807) is 36.4 Å². The van der Waals surface area contributed by atoms with Crippen molar-refractivity contribution < 1.29 is 19.6 Å². The zero-order chi connectivity index (χ0) is 15.3. The molecule has 0 N–H and O–H groups in total. The molecule has 0 radical (unpaired) electrons. The average Bonchev–Trinajstić information content (AvgIpc) is 2.47. The van der Waals surface area contributed by atoms with E-state index in [1.165, 1.54) is 0 Å². The van der Waals surface area contributed by atoms with Gasteiger partial charge in [0.15, 0.2) is 11.5 Å². The number of hydrogen-bond acceptors (Lipinski definition) is 4. The van der Waals surface area contributed by atoms with E-state index in [0.29, 0.717) is 16.9 Å². The molecule has 0 unspecified atom stereocenters. The summed E-state index contributed by atoms with van der Waals surface area (Å²) in [5.74, 6) is 0.182. The number of carbonyl (C=O) groups is 1. The molecule has 0 aliphatic rings. The van der Waals surface area contributed by atoms with Crippen LogP contribution in [0, 0.1) is 0 Å². The Balaban J connectivity index is 2.15. The van der Waals surface area contributed by atoms with Crippen molar-refractivity contribution in [3.63, 3.8) is 0 Å². The van der Waals surface area contributed by atoms with Gasteiger partial charge in [0.2, 0.25) is 0 Å². The molecule has 0 atom stereocenters. The van der Waals surface area contributed by atoms with Crippen molar-refractivity contribution in [2.24, 2.45) is 0 Å². The maximum Gasteiger partial charge on any atom is 0.196 e. The van der Waals surface area contributed by atoms with Gasteiger partial charge in [0, 0.05) is 5.56 Å². The number of rotatable bonds is 5. The first-order valence-corrected chi connectivity index (χ1v) is 6.68. The third-order valence-corrected chi connectivity index (χ3v) is 2.58. The minimum atomic E-state index is -0.502. The fourth-order valence-electron chi connectivity index (χ4n) is 1.63. The van der Waals surface area contributed by atoms with Crippen molar-refractivity contribution in [1.29, 1.82) is 0 Å². The van der Waals surface area contributed by atoms with Crippen LogP contribution in [-0.4, -0.2) is 11.4 Å². The molecule has 2 aromatic carbocycles. The van der Waals surface area contributed by atoms with Crippen molar-refractivity contribution in [3.8, 4) is 5.75 Å². The summed E-state index contributed by atoms with van der Waals surface area (Å²) in [4.78, 5) is 22.6. The second-order valence-corrected chi connectivity index (χ2v) is 5.54. The Morgan fingerprint density at radius 3 is 2.19 bits per heavy atom. The van der Waals surface area contributed by atoms with E-state index in [1.807, 2.05) is 39.0 Å². The zero-order valence-corrected chi connectivity index (χ0v) is 12.3. The Bertz CT molecular complexity index is 600. The van der Waals surface area contributed by atoms with Gasteiger partial charge in [-0.25, -0.2) is 0 Å². The summed E-state index contributed by atoms with van der Waals surface area (Å²) in [7, 11) is 0. The largest absolute Gasteiger partial charge is 0.307 e. The Hall–Kier alpha value is -2.17. The fraction of sp³-hybridized carbons (Fsp3) is 0.235. The van der Waals surface area contributed by atoms with Gasteiger partial charge in [0.25, 0.3) is 0 Å². The molecule has 0 spiro atoms. The SMILES string of the molecule is CC(C)(C)OOOc1ccccc1C(=O)c1ccccc1. The molecule has 0 heterocycles. The van der Waals surface area contributed by atoms with Gasteiger partial charge in [-0.3, -0.25) is 4.79 Å². The lowest BCUT2D eigenvalue weighted by atomic mass is 10.0. The molecule has 0 aliphatic heterocycles. The molecule has 4 heteroatoms. The molecule has 4 nitrogen and oxygen atoms in total. The van der Waals surface area contributed by atoms with Crippen LogP contribution in [0.25, 0.3) is 0 Å². The predicted molar refractivity (Wildman–Crippen MR) is 78.9 cm³/mol. The number of carbonyl (C=O) groups excluding carboxylic acids is 1. The van der Waals surface area contributed by atoms with Gasteiger partial charge in [-0.1, -0.05) is 42.5 Å². The Morgan fingerprint density at radius 1 is 0.905 bits per heavy atom. The molecule has 2 rings (SSSR count). The molecule has 0 aliphatic carbocycles. The van der Waals surface area contributed by atoms with Gasteiger partial charge in [-0.05, 0) is 37.9 Å². The summed E-state index contributed by atoms with van der Waals surface area (Å²) < 4.78 is 0. The van der Waals surface area contributed by atoms with Crippen LogP contribution in [-0.2, 0) is 9.93 Å². The van der Waals surface area contributed by atoms with Crippen LogP contribution in [0.3, 0.4) is 0 Å². The lowest BCUT2D eigenvalue weighted by molar-refractivity contribution is -0.496. The van der Waals surface area contributed by atoms with E-state index in [0.717, 1.165) is 0 Å². The lowest BCUT2D eigenvalue weighted by Gasteiger charge is -2.16. The second-order valence-electron chi connectivity index (χ2n) is 5.54. The third kappa shape index (κ3) is 4.41. The molecule has 0 saturated carbocycles. The van der Waals surface area contributed by atoms with Crippen molar-refractivity contribution in [2.75, 3.05) is 0 Å². The highest BCUT2D eigenvalue weighted by atomic mass is 17.5. The number of para-hydroxylation sites is 1. The molecule has 21 heavy (non-hydrogen) atoms. The van der Waals surface area contributed by atoms with Gasteiger partial charge in [-0.2, -0.15) is 4.89 Å². The second kappa shape index (κ2) is 6.52. The Morgan fingerprint density at radius 2 is 1.52 bits per heavy atom. The fourth-order valence-corrected chi connectivity index (χ4v) is 1.63. The standard InChI is InChI=1S/C17H18O4/c1-17(2,3)20-21-19-15-12-8-7-11-14(15)16(18)13-9-5-4-6-10-13/h4-12H,1-3H3. The maximum absolute atomic E-state index is 12.5. The van der Waals surface area contributed by atoms with Gasteiger partial charge >= 0.3 is 0 Å². The van der Waals surface area contributed by atoms with E-state index in [-0.39, 0.29) is 5.78 Å². The number of hydrogen-bond donors (Lipinski definition) is 0. The first-order valence-electron chi connectivity index (χ1n) is 6.68. The van der Waals surface area contributed by atoms with E-state index in [9.17, 15) is 4.79 Å². The first-order chi connectivity index (χ1) is 9.97. The topological polar surface area (TPSA) is 44.8 Å². The monoisotopic (exact) mass is 286 g/mol. The Labute approximate surface area is 124 Å². The molecule has 0 amide bonds. The summed E-state index contributed by atoms with van der Waals surface area (Å²) in [5.41, 5.74) is 0.504. The van der Waals surface area contributed by atoms with E-state index >= 15 is 0 Å². The van der Waals surface area contributed by atoms with E-state index < -0.39 is 5.60 Å².